The molecule has 8 nitrogen and oxygen atoms in total. The van der Waals surface area contributed by atoms with Gasteiger partial charge in [0.2, 0.25) is 11.8 Å². The highest BCUT2D eigenvalue weighted by molar-refractivity contribution is 6.30. The molecule has 6 atom stereocenters. The summed E-state index contributed by atoms with van der Waals surface area (Å²) >= 11 is 6.32. The van der Waals surface area contributed by atoms with Gasteiger partial charge in [-0.1, -0.05) is 65.7 Å². The lowest BCUT2D eigenvalue weighted by molar-refractivity contribution is -0.138. The van der Waals surface area contributed by atoms with Gasteiger partial charge >= 0.3 is 0 Å². The number of carbonyl (C=O) groups excluding carboxylic acids is 4. The summed E-state index contributed by atoms with van der Waals surface area (Å²) in [5, 5.41) is 11.7. The molecule has 2 saturated heterocycles. The van der Waals surface area contributed by atoms with Gasteiger partial charge in [-0.05, 0) is 90.6 Å². The third-order valence-electron chi connectivity index (χ3n) is 10.5. The summed E-state index contributed by atoms with van der Waals surface area (Å²) in [6, 6.07) is 27.6. The molecule has 4 aliphatic rings. The van der Waals surface area contributed by atoms with Crippen molar-refractivity contribution in [2.45, 2.75) is 24.2 Å². The van der Waals surface area contributed by atoms with Crippen molar-refractivity contribution in [2.75, 3.05) is 10.3 Å². The molecule has 240 valence electrons. The van der Waals surface area contributed by atoms with Crippen LogP contribution in [0.3, 0.4) is 0 Å². The Morgan fingerprint density at radius 1 is 0.792 bits per heavy atom. The van der Waals surface area contributed by atoms with Gasteiger partial charge in [-0.3, -0.25) is 29.5 Å². The third kappa shape index (κ3) is 4.34. The van der Waals surface area contributed by atoms with E-state index in [1.54, 1.807) is 60.7 Å². The number of aromatic hydroxyl groups is 1. The highest BCUT2D eigenvalue weighted by atomic mass is 35.5. The number of rotatable bonds is 5. The maximum absolute atomic E-state index is 15.1. The smallest absolute Gasteiger partial charge is 0.260 e. The molecular formula is C38H29ClFN3O5. The van der Waals surface area contributed by atoms with Crippen LogP contribution in [-0.4, -0.2) is 33.7 Å². The first-order valence-corrected chi connectivity index (χ1v) is 16.2. The number of imide groups is 2. The highest BCUT2D eigenvalue weighted by Gasteiger charge is 2.70. The zero-order chi connectivity index (χ0) is 33.3. The second-order valence-corrected chi connectivity index (χ2v) is 13.2. The van der Waals surface area contributed by atoms with E-state index >= 15 is 4.79 Å². The Balaban J connectivity index is 1.32. The van der Waals surface area contributed by atoms with Gasteiger partial charge in [0.15, 0.2) is 0 Å². The van der Waals surface area contributed by atoms with Crippen LogP contribution in [-0.2, 0) is 24.6 Å². The van der Waals surface area contributed by atoms with Crippen molar-refractivity contribution in [1.82, 2.24) is 5.01 Å². The van der Waals surface area contributed by atoms with Crippen LogP contribution in [0.4, 0.5) is 15.8 Å². The standard InChI is InChI=1S/C38H29ClFN3O5/c39-23-10-8-22(9-11-23)38-31(35(46)43(37(38)48)41-25-14-12-24(40)13-15-25)20-30-28(33(38)21-6-16-27(44)17-7-21)18-19-29-32(30)36(47)42(34(29)45)26-4-2-1-3-5-26/h1-18,29-33,41,44H,19-20H2/t29-,30+,31-,32-,33-,38+/m0/s1. The molecule has 4 aromatic rings. The minimum absolute atomic E-state index is 0.0318. The molecule has 2 heterocycles. The molecule has 2 aliphatic heterocycles. The fraction of sp³-hybridized carbons (Fsp3) is 0.211. The molecular weight excluding hydrogens is 633 g/mol. The molecule has 0 radical (unpaired) electrons. The summed E-state index contributed by atoms with van der Waals surface area (Å²) in [5.41, 5.74) is 4.33. The maximum Gasteiger partial charge on any atom is 0.260 e. The van der Waals surface area contributed by atoms with Gasteiger partial charge in [0, 0.05) is 10.9 Å². The molecule has 2 aliphatic carbocycles. The van der Waals surface area contributed by atoms with Crippen molar-refractivity contribution < 1.29 is 28.7 Å². The predicted molar refractivity (Wildman–Crippen MR) is 176 cm³/mol. The quantitative estimate of drug-likeness (QED) is 0.190. The first-order chi connectivity index (χ1) is 23.2. The Morgan fingerprint density at radius 2 is 1.48 bits per heavy atom. The lowest BCUT2D eigenvalue weighted by atomic mass is 9.49. The number of amides is 4. The van der Waals surface area contributed by atoms with E-state index in [4.69, 9.17) is 11.6 Å². The van der Waals surface area contributed by atoms with Gasteiger partial charge in [0.1, 0.15) is 11.6 Å². The number of halogens is 2. The van der Waals surface area contributed by atoms with Gasteiger partial charge in [-0.2, -0.15) is 5.01 Å². The van der Waals surface area contributed by atoms with Gasteiger partial charge in [0.05, 0.1) is 34.5 Å². The molecule has 10 heteroatoms. The first-order valence-electron chi connectivity index (χ1n) is 15.8. The van der Waals surface area contributed by atoms with Crippen LogP contribution >= 0.6 is 11.6 Å². The number of carbonyl (C=O) groups is 4. The number of nitrogens with zero attached hydrogens (tertiary/aromatic N) is 2. The molecule has 8 rings (SSSR count). The lowest BCUT2D eigenvalue weighted by Gasteiger charge is -2.50. The van der Waals surface area contributed by atoms with Crippen molar-refractivity contribution in [3.63, 3.8) is 0 Å². The number of hydrogen-bond acceptors (Lipinski definition) is 6. The number of phenolic OH excluding ortho intramolecular Hbond substituents is 1. The molecule has 3 fully saturated rings. The van der Waals surface area contributed by atoms with E-state index in [-0.39, 0.29) is 24.0 Å². The number of anilines is 2. The first kappa shape index (κ1) is 30.1. The van der Waals surface area contributed by atoms with Crippen LogP contribution in [0.2, 0.25) is 5.02 Å². The molecule has 4 aromatic carbocycles. The van der Waals surface area contributed by atoms with E-state index in [1.807, 2.05) is 12.1 Å². The highest BCUT2D eigenvalue weighted by Crippen LogP contribution is 2.64. The lowest BCUT2D eigenvalue weighted by Crippen LogP contribution is -2.53. The summed E-state index contributed by atoms with van der Waals surface area (Å²) in [7, 11) is 0. The topological polar surface area (TPSA) is 107 Å². The molecule has 48 heavy (non-hydrogen) atoms. The average Bonchev–Trinajstić information content (AvgIpc) is 3.47. The Hall–Kier alpha value is -5.28. The monoisotopic (exact) mass is 661 g/mol. The van der Waals surface area contributed by atoms with E-state index in [1.165, 1.54) is 41.3 Å². The van der Waals surface area contributed by atoms with E-state index in [2.05, 4.69) is 5.43 Å². The van der Waals surface area contributed by atoms with Crippen LogP contribution in [0.1, 0.15) is 29.9 Å². The average molecular weight is 662 g/mol. The van der Waals surface area contributed by atoms with Crippen LogP contribution in [0, 0.1) is 29.5 Å². The Morgan fingerprint density at radius 3 is 2.17 bits per heavy atom. The number of benzene rings is 4. The van der Waals surface area contributed by atoms with E-state index in [0.717, 1.165) is 10.6 Å². The Labute approximate surface area is 280 Å². The van der Waals surface area contributed by atoms with E-state index < -0.39 is 52.6 Å². The van der Waals surface area contributed by atoms with Crippen molar-refractivity contribution in [2.24, 2.45) is 23.7 Å². The second-order valence-electron chi connectivity index (χ2n) is 12.8. The molecule has 0 spiro atoms. The molecule has 4 amide bonds. The number of fused-ring (bicyclic) bond motifs is 4. The summed E-state index contributed by atoms with van der Waals surface area (Å²) < 4.78 is 13.8. The van der Waals surface area contributed by atoms with E-state index in [0.29, 0.717) is 33.9 Å². The van der Waals surface area contributed by atoms with Crippen molar-refractivity contribution >= 4 is 46.6 Å². The third-order valence-corrected chi connectivity index (χ3v) is 10.7. The number of hydrazine groups is 1. The number of nitrogens with one attached hydrogen (secondary N) is 1. The van der Waals surface area contributed by atoms with E-state index in [9.17, 15) is 23.9 Å². The number of hydrogen-bond donors (Lipinski definition) is 2. The molecule has 0 unspecified atom stereocenters. The van der Waals surface area contributed by atoms with Crippen LogP contribution in [0.25, 0.3) is 0 Å². The van der Waals surface area contributed by atoms with Gasteiger partial charge < -0.3 is 5.11 Å². The summed E-state index contributed by atoms with van der Waals surface area (Å²) in [4.78, 5) is 59.0. The SMILES string of the molecule is O=C1[C@@H]2C[C@@H]3C(=CC[C@@H]4C(=O)N(c5ccccc5)C(=O)[C@@H]43)[C@H](c3ccc(O)cc3)[C@]2(c2ccc(Cl)cc2)C(=O)N1Nc1ccc(F)cc1. The van der Waals surface area contributed by atoms with Gasteiger partial charge in [0.25, 0.3) is 11.8 Å². The number of allylic oxidation sites excluding steroid dienone is 2. The summed E-state index contributed by atoms with van der Waals surface area (Å²) in [6.07, 6.45) is 2.41. The normalized spacial score (nSPS) is 27.8. The zero-order valence-electron chi connectivity index (χ0n) is 25.4. The number of phenols is 1. The van der Waals surface area contributed by atoms with Crippen molar-refractivity contribution in [3.05, 3.63) is 137 Å². The summed E-state index contributed by atoms with van der Waals surface area (Å²) in [5.74, 6) is -5.62. The molecule has 2 N–H and O–H groups in total. The largest absolute Gasteiger partial charge is 0.508 e. The van der Waals surface area contributed by atoms with Crippen molar-refractivity contribution in [1.29, 1.82) is 0 Å². The maximum atomic E-state index is 15.1. The molecule has 1 saturated carbocycles. The van der Waals surface area contributed by atoms with Crippen LogP contribution < -0.4 is 10.3 Å². The van der Waals surface area contributed by atoms with Gasteiger partial charge in [-0.15, -0.1) is 0 Å². The Bertz CT molecular complexity index is 2000. The van der Waals surface area contributed by atoms with Crippen LogP contribution in [0.15, 0.2) is 115 Å². The van der Waals surface area contributed by atoms with Gasteiger partial charge in [-0.25, -0.2) is 4.39 Å². The molecule has 0 bridgehead atoms. The second kappa shape index (κ2) is 11.2. The fourth-order valence-electron chi connectivity index (χ4n) is 8.53. The summed E-state index contributed by atoms with van der Waals surface area (Å²) in [6.45, 7) is 0. The minimum Gasteiger partial charge on any atom is -0.508 e. The Kier molecular flexibility index (Phi) is 7.00. The zero-order valence-corrected chi connectivity index (χ0v) is 26.2. The number of para-hydroxylation sites is 1. The van der Waals surface area contributed by atoms with Crippen molar-refractivity contribution in [3.8, 4) is 5.75 Å². The molecule has 0 aromatic heterocycles. The van der Waals surface area contributed by atoms with Crippen LogP contribution in [0.5, 0.6) is 5.75 Å². The predicted octanol–water partition coefficient (Wildman–Crippen LogP) is 6.37. The fourth-order valence-corrected chi connectivity index (χ4v) is 8.65. The minimum atomic E-state index is -1.48.